The Kier molecular flexibility index (Phi) is 4.96. The standard InChI is InChI=1S/C16H16F3N3O3/c1-15(2,3)25-14(24)22-9-11(21-12(22)8-16(17,18)19)13(23)10-4-6-20-7-5-10/h4-7,9H,8H2,1-3H3. The van der Waals surface area contributed by atoms with Gasteiger partial charge in [0.25, 0.3) is 0 Å². The second kappa shape index (κ2) is 6.66. The molecule has 0 aromatic carbocycles. The minimum Gasteiger partial charge on any atom is -0.443 e. The van der Waals surface area contributed by atoms with Gasteiger partial charge in [-0.05, 0) is 32.9 Å². The average molecular weight is 355 g/mol. The molecule has 0 unspecified atom stereocenters. The molecule has 9 heteroatoms. The van der Waals surface area contributed by atoms with Gasteiger partial charge >= 0.3 is 12.3 Å². The molecule has 0 atom stereocenters. The largest absolute Gasteiger partial charge is 0.443 e. The molecular formula is C16H16F3N3O3. The molecule has 6 nitrogen and oxygen atoms in total. The van der Waals surface area contributed by atoms with Gasteiger partial charge in [-0.25, -0.2) is 14.3 Å². The summed E-state index contributed by atoms with van der Waals surface area (Å²) in [6, 6.07) is 2.80. The first-order chi connectivity index (χ1) is 11.5. The third kappa shape index (κ3) is 5.13. The molecule has 2 aromatic rings. The first-order valence-electron chi connectivity index (χ1n) is 7.29. The Labute approximate surface area is 141 Å². The van der Waals surface area contributed by atoms with Gasteiger partial charge in [0.2, 0.25) is 5.78 Å². The van der Waals surface area contributed by atoms with E-state index in [2.05, 4.69) is 9.97 Å². The minimum absolute atomic E-state index is 0.197. The van der Waals surface area contributed by atoms with Crippen LogP contribution in [-0.4, -0.2) is 38.2 Å². The molecule has 0 N–H and O–H groups in total. The van der Waals surface area contributed by atoms with E-state index in [4.69, 9.17) is 4.74 Å². The summed E-state index contributed by atoms with van der Waals surface area (Å²) in [6.07, 6.45) is -3.40. The topological polar surface area (TPSA) is 74.1 Å². The summed E-state index contributed by atoms with van der Waals surface area (Å²) in [4.78, 5) is 32.0. The third-order valence-electron chi connectivity index (χ3n) is 2.90. The van der Waals surface area contributed by atoms with E-state index in [9.17, 15) is 22.8 Å². The van der Waals surface area contributed by atoms with Crippen molar-refractivity contribution >= 4 is 11.9 Å². The fourth-order valence-corrected chi connectivity index (χ4v) is 1.95. The minimum atomic E-state index is -4.60. The van der Waals surface area contributed by atoms with Gasteiger partial charge in [-0.3, -0.25) is 9.78 Å². The number of ether oxygens (including phenoxy) is 1. The van der Waals surface area contributed by atoms with Crippen LogP contribution in [0, 0.1) is 0 Å². The van der Waals surface area contributed by atoms with Crippen LogP contribution in [0.4, 0.5) is 18.0 Å². The molecule has 0 aliphatic carbocycles. The SMILES string of the molecule is CC(C)(C)OC(=O)n1cc(C(=O)c2ccncc2)nc1CC(F)(F)F. The van der Waals surface area contributed by atoms with Gasteiger partial charge in [0.15, 0.2) is 0 Å². The van der Waals surface area contributed by atoms with Crippen molar-refractivity contribution in [2.75, 3.05) is 0 Å². The zero-order chi connectivity index (χ0) is 18.8. The summed E-state index contributed by atoms with van der Waals surface area (Å²) in [6.45, 7) is 4.73. The zero-order valence-corrected chi connectivity index (χ0v) is 13.8. The fourth-order valence-electron chi connectivity index (χ4n) is 1.95. The Morgan fingerprint density at radius 1 is 1.16 bits per heavy atom. The van der Waals surface area contributed by atoms with E-state index >= 15 is 0 Å². The molecule has 0 spiro atoms. The smallest absolute Gasteiger partial charge is 0.420 e. The quantitative estimate of drug-likeness (QED) is 0.789. The highest BCUT2D eigenvalue weighted by Gasteiger charge is 2.33. The number of carbonyl (C=O) groups is 2. The van der Waals surface area contributed by atoms with Crippen LogP contribution in [0.15, 0.2) is 30.7 Å². The van der Waals surface area contributed by atoms with Crippen LogP contribution in [0.1, 0.15) is 42.6 Å². The highest BCUT2D eigenvalue weighted by Crippen LogP contribution is 2.22. The number of nitrogens with zero attached hydrogens (tertiary/aromatic N) is 3. The number of imidazole rings is 1. The summed E-state index contributed by atoms with van der Waals surface area (Å²) in [5.41, 5.74) is -0.995. The summed E-state index contributed by atoms with van der Waals surface area (Å²) in [5.74, 6) is -1.23. The first-order valence-corrected chi connectivity index (χ1v) is 7.29. The molecular weight excluding hydrogens is 339 g/mol. The lowest BCUT2D eigenvalue weighted by Gasteiger charge is -2.20. The number of aromatic nitrogens is 3. The van der Waals surface area contributed by atoms with Crippen LogP contribution in [0.5, 0.6) is 0 Å². The van der Waals surface area contributed by atoms with Gasteiger partial charge in [0.05, 0.1) is 0 Å². The summed E-state index contributed by atoms with van der Waals surface area (Å²) < 4.78 is 44.0. The lowest BCUT2D eigenvalue weighted by atomic mass is 10.1. The Morgan fingerprint density at radius 2 is 1.76 bits per heavy atom. The molecule has 2 aromatic heterocycles. The molecule has 0 amide bonds. The number of halogens is 3. The maximum Gasteiger partial charge on any atom is 0.420 e. The van der Waals surface area contributed by atoms with Crippen LogP contribution in [-0.2, 0) is 11.2 Å². The van der Waals surface area contributed by atoms with Crippen molar-refractivity contribution in [3.63, 3.8) is 0 Å². The maximum absolute atomic E-state index is 12.8. The molecule has 2 heterocycles. The first kappa shape index (κ1) is 18.6. The van der Waals surface area contributed by atoms with Crippen LogP contribution < -0.4 is 0 Å². The van der Waals surface area contributed by atoms with Crippen LogP contribution in [0.25, 0.3) is 0 Å². The van der Waals surface area contributed by atoms with E-state index in [1.807, 2.05) is 0 Å². The Balaban J connectivity index is 2.42. The fraction of sp³-hybridized carbons (Fsp3) is 0.375. The Hall–Kier alpha value is -2.71. The summed E-state index contributed by atoms with van der Waals surface area (Å²) in [7, 11) is 0. The van der Waals surface area contributed by atoms with Crippen molar-refractivity contribution in [3.8, 4) is 0 Å². The number of carbonyl (C=O) groups excluding carboxylic acids is 2. The molecule has 25 heavy (non-hydrogen) atoms. The normalized spacial score (nSPS) is 12.1. The average Bonchev–Trinajstić information content (AvgIpc) is 2.87. The molecule has 0 bridgehead atoms. The summed E-state index contributed by atoms with van der Waals surface area (Å²) >= 11 is 0. The molecule has 0 saturated carbocycles. The second-order valence-electron chi connectivity index (χ2n) is 6.25. The molecule has 0 aliphatic heterocycles. The predicted molar refractivity (Wildman–Crippen MR) is 81.3 cm³/mol. The van der Waals surface area contributed by atoms with Crippen molar-refractivity contribution in [3.05, 3.63) is 47.8 Å². The van der Waals surface area contributed by atoms with Gasteiger partial charge in [0.1, 0.15) is 23.5 Å². The van der Waals surface area contributed by atoms with Crippen LogP contribution >= 0.6 is 0 Å². The van der Waals surface area contributed by atoms with Gasteiger partial charge < -0.3 is 4.74 Å². The number of alkyl halides is 3. The summed E-state index contributed by atoms with van der Waals surface area (Å²) in [5, 5.41) is 0. The van der Waals surface area contributed by atoms with Crippen LogP contribution in [0.3, 0.4) is 0 Å². The Morgan fingerprint density at radius 3 is 2.28 bits per heavy atom. The van der Waals surface area contributed by atoms with E-state index in [-0.39, 0.29) is 11.3 Å². The van der Waals surface area contributed by atoms with Crippen molar-refractivity contribution in [1.82, 2.24) is 14.5 Å². The molecule has 0 saturated heterocycles. The number of ketones is 1. The molecule has 2 rings (SSSR count). The lowest BCUT2D eigenvalue weighted by molar-refractivity contribution is -0.128. The van der Waals surface area contributed by atoms with E-state index < -0.39 is 35.9 Å². The van der Waals surface area contributed by atoms with Crippen molar-refractivity contribution < 1.29 is 27.5 Å². The molecule has 134 valence electrons. The zero-order valence-electron chi connectivity index (χ0n) is 13.8. The monoisotopic (exact) mass is 355 g/mol. The van der Waals surface area contributed by atoms with E-state index in [1.54, 1.807) is 20.8 Å². The highest BCUT2D eigenvalue weighted by atomic mass is 19.4. The van der Waals surface area contributed by atoms with Gasteiger partial charge in [-0.2, -0.15) is 13.2 Å². The molecule has 0 fully saturated rings. The maximum atomic E-state index is 12.8. The molecule has 0 aliphatic rings. The number of hydrogen-bond acceptors (Lipinski definition) is 5. The predicted octanol–water partition coefficient (Wildman–Crippen LogP) is 3.40. The number of rotatable bonds is 3. The van der Waals surface area contributed by atoms with Gasteiger partial charge in [-0.15, -0.1) is 0 Å². The number of pyridine rings is 1. The van der Waals surface area contributed by atoms with Crippen molar-refractivity contribution in [2.45, 2.75) is 39.0 Å². The van der Waals surface area contributed by atoms with Crippen molar-refractivity contribution in [2.24, 2.45) is 0 Å². The van der Waals surface area contributed by atoms with Crippen molar-refractivity contribution in [1.29, 1.82) is 0 Å². The second-order valence-corrected chi connectivity index (χ2v) is 6.25. The third-order valence-corrected chi connectivity index (χ3v) is 2.90. The van der Waals surface area contributed by atoms with Gasteiger partial charge in [0, 0.05) is 24.2 Å². The van der Waals surface area contributed by atoms with E-state index in [1.165, 1.54) is 24.5 Å². The van der Waals surface area contributed by atoms with Crippen LogP contribution in [0.2, 0.25) is 0 Å². The lowest BCUT2D eigenvalue weighted by Crippen LogP contribution is -2.29. The Bertz CT molecular complexity index is 777. The van der Waals surface area contributed by atoms with Gasteiger partial charge in [-0.1, -0.05) is 0 Å². The van der Waals surface area contributed by atoms with E-state index in [0.717, 1.165) is 6.20 Å². The highest BCUT2D eigenvalue weighted by molar-refractivity contribution is 6.07. The number of hydrogen-bond donors (Lipinski definition) is 0. The van der Waals surface area contributed by atoms with E-state index in [0.29, 0.717) is 4.57 Å². The molecule has 0 radical (unpaired) electrons.